The molecule has 2 saturated heterocycles. The Morgan fingerprint density at radius 1 is 0.906 bits per heavy atom. The molecule has 0 aromatic heterocycles. The summed E-state index contributed by atoms with van der Waals surface area (Å²) in [6, 6.07) is 11.8. The Kier molecular flexibility index (Phi) is 5.95. The van der Waals surface area contributed by atoms with Crippen molar-refractivity contribution in [1.82, 2.24) is 0 Å². The molecule has 4 atom stereocenters. The van der Waals surface area contributed by atoms with Crippen LogP contribution in [0.15, 0.2) is 48.0 Å². The minimum atomic E-state index is -0.0615. The van der Waals surface area contributed by atoms with Crippen molar-refractivity contribution in [3.63, 3.8) is 0 Å². The van der Waals surface area contributed by atoms with Gasteiger partial charge in [0.2, 0.25) is 12.5 Å². The minimum Gasteiger partial charge on any atom is -0.493 e. The fraction of sp³-hybridized carbons (Fsp3) is 0.440. The quantitative estimate of drug-likeness (QED) is 0.266. The van der Waals surface area contributed by atoms with E-state index in [-0.39, 0.29) is 30.8 Å². The lowest BCUT2D eigenvalue weighted by Crippen LogP contribution is -2.14. The van der Waals surface area contributed by atoms with E-state index in [2.05, 4.69) is 6.07 Å². The van der Waals surface area contributed by atoms with Crippen molar-refractivity contribution in [3.05, 3.63) is 59.2 Å². The van der Waals surface area contributed by atoms with Gasteiger partial charge in [-0.3, -0.25) is 0 Å². The predicted octanol–water partition coefficient (Wildman–Crippen LogP) is 4.78. The number of benzene rings is 2. The molecule has 0 amide bonds. The first-order chi connectivity index (χ1) is 15.6. The largest absolute Gasteiger partial charge is 0.493 e. The summed E-state index contributed by atoms with van der Waals surface area (Å²) in [5.74, 6) is 3.23. The standard InChI is InChI=1S/C25H28O7/c1-15(2)8-9-31-32-21-7-5-16(10-22(21)26-3)24-18-12-28-25(19(18)13-27-24)17-4-6-20-23(11-17)30-14-29-20/h4-8,10-11,18-19,24-25H,9,12-14H2,1-3H3. The Morgan fingerprint density at radius 2 is 1.59 bits per heavy atom. The first-order valence-electron chi connectivity index (χ1n) is 10.9. The molecule has 0 radical (unpaired) electrons. The highest BCUT2D eigenvalue weighted by Crippen LogP contribution is 2.51. The van der Waals surface area contributed by atoms with Crippen LogP contribution in [0.1, 0.15) is 37.2 Å². The second kappa shape index (κ2) is 9.02. The Labute approximate surface area is 187 Å². The van der Waals surface area contributed by atoms with E-state index in [4.69, 9.17) is 33.5 Å². The summed E-state index contributed by atoms with van der Waals surface area (Å²) in [4.78, 5) is 10.7. The maximum atomic E-state index is 6.24. The monoisotopic (exact) mass is 440 g/mol. The van der Waals surface area contributed by atoms with Crippen LogP contribution in [0.3, 0.4) is 0 Å². The number of rotatable bonds is 7. The van der Waals surface area contributed by atoms with Crippen LogP contribution in [0.4, 0.5) is 0 Å². The Hall–Kier alpha value is -2.74. The first kappa shape index (κ1) is 21.1. The van der Waals surface area contributed by atoms with Crippen molar-refractivity contribution in [2.75, 3.05) is 33.7 Å². The van der Waals surface area contributed by atoms with Crippen LogP contribution in [0.5, 0.6) is 23.0 Å². The van der Waals surface area contributed by atoms with Crippen LogP contribution in [-0.4, -0.2) is 33.7 Å². The molecular weight excluding hydrogens is 412 g/mol. The molecular formula is C25H28O7. The third kappa shape index (κ3) is 4.03. The highest BCUT2D eigenvalue weighted by atomic mass is 17.2. The molecule has 3 aliphatic rings. The fourth-order valence-electron chi connectivity index (χ4n) is 4.55. The van der Waals surface area contributed by atoms with Gasteiger partial charge in [-0.05, 0) is 49.2 Å². The molecule has 2 aromatic rings. The summed E-state index contributed by atoms with van der Waals surface area (Å²) in [7, 11) is 1.62. The Morgan fingerprint density at radius 3 is 2.31 bits per heavy atom. The molecule has 2 fully saturated rings. The second-order valence-electron chi connectivity index (χ2n) is 8.51. The minimum absolute atomic E-state index is 0.0209. The molecule has 5 rings (SSSR count). The van der Waals surface area contributed by atoms with Gasteiger partial charge in [0.15, 0.2) is 17.2 Å². The lowest BCUT2D eigenvalue weighted by atomic mass is 9.85. The molecule has 0 bridgehead atoms. The molecule has 0 aliphatic carbocycles. The van der Waals surface area contributed by atoms with Gasteiger partial charge in [0.1, 0.15) is 6.61 Å². The molecule has 32 heavy (non-hydrogen) atoms. The van der Waals surface area contributed by atoms with E-state index in [9.17, 15) is 0 Å². The molecule has 4 unspecified atom stereocenters. The van der Waals surface area contributed by atoms with E-state index in [1.807, 2.05) is 50.3 Å². The number of hydrogen-bond acceptors (Lipinski definition) is 7. The van der Waals surface area contributed by atoms with E-state index in [0.29, 0.717) is 31.3 Å². The van der Waals surface area contributed by atoms with Gasteiger partial charge in [-0.1, -0.05) is 23.8 Å². The number of methoxy groups -OCH3 is 1. The zero-order chi connectivity index (χ0) is 22.1. The maximum absolute atomic E-state index is 6.24. The van der Waals surface area contributed by atoms with E-state index >= 15 is 0 Å². The zero-order valence-corrected chi connectivity index (χ0v) is 18.5. The highest BCUT2D eigenvalue weighted by molar-refractivity contribution is 5.46. The van der Waals surface area contributed by atoms with Crippen LogP contribution < -0.4 is 19.1 Å². The van der Waals surface area contributed by atoms with Crippen molar-refractivity contribution >= 4 is 0 Å². The SMILES string of the molecule is COc1cc(C2OCC3C(c4ccc5c(c4)OCO5)OCC23)ccc1OOCC=C(C)C. The normalized spacial score (nSPS) is 25.5. The lowest BCUT2D eigenvalue weighted by molar-refractivity contribution is -0.196. The molecule has 3 aliphatic heterocycles. The summed E-state index contributed by atoms with van der Waals surface area (Å²) in [5.41, 5.74) is 3.31. The van der Waals surface area contributed by atoms with Crippen LogP contribution in [-0.2, 0) is 14.4 Å². The van der Waals surface area contributed by atoms with Gasteiger partial charge in [-0.25, -0.2) is 0 Å². The predicted molar refractivity (Wildman–Crippen MR) is 116 cm³/mol. The lowest BCUT2D eigenvalue weighted by Gasteiger charge is -2.18. The van der Waals surface area contributed by atoms with Crippen LogP contribution in [0.25, 0.3) is 0 Å². The maximum Gasteiger partial charge on any atom is 0.231 e. The molecule has 0 spiro atoms. The summed E-state index contributed by atoms with van der Waals surface area (Å²) in [6.07, 6.45) is 1.87. The molecule has 0 N–H and O–H groups in total. The summed E-state index contributed by atoms with van der Waals surface area (Å²) >= 11 is 0. The molecule has 7 heteroatoms. The average Bonchev–Trinajstić information content (AvgIpc) is 3.52. The average molecular weight is 440 g/mol. The molecule has 3 heterocycles. The van der Waals surface area contributed by atoms with E-state index in [1.54, 1.807) is 7.11 Å². The van der Waals surface area contributed by atoms with Gasteiger partial charge in [-0.15, -0.1) is 0 Å². The van der Waals surface area contributed by atoms with E-state index in [0.717, 1.165) is 22.6 Å². The Balaban J connectivity index is 1.29. The van der Waals surface area contributed by atoms with Crippen molar-refractivity contribution in [3.8, 4) is 23.0 Å². The first-order valence-corrected chi connectivity index (χ1v) is 10.9. The topological polar surface area (TPSA) is 64.6 Å². The fourth-order valence-corrected chi connectivity index (χ4v) is 4.55. The van der Waals surface area contributed by atoms with Crippen LogP contribution in [0.2, 0.25) is 0 Å². The third-order valence-corrected chi connectivity index (χ3v) is 6.21. The molecule has 7 nitrogen and oxygen atoms in total. The van der Waals surface area contributed by atoms with Crippen molar-refractivity contribution in [2.45, 2.75) is 26.1 Å². The number of allylic oxidation sites excluding steroid dienone is 1. The van der Waals surface area contributed by atoms with Gasteiger partial charge >= 0.3 is 0 Å². The summed E-state index contributed by atoms with van der Waals surface area (Å²) in [5, 5.41) is 0. The number of hydrogen-bond donors (Lipinski definition) is 0. The van der Waals surface area contributed by atoms with E-state index < -0.39 is 0 Å². The van der Waals surface area contributed by atoms with Crippen LogP contribution >= 0.6 is 0 Å². The van der Waals surface area contributed by atoms with Gasteiger partial charge in [0, 0.05) is 11.8 Å². The van der Waals surface area contributed by atoms with Gasteiger partial charge < -0.3 is 28.6 Å². The van der Waals surface area contributed by atoms with Crippen molar-refractivity contribution in [1.29, 1.82) is 0 Å². The molecule has 2 aromatic carbocycles. The Bertz CT molecular complexity index is 998. The molecule has 170 valence electrons. The van der Waals surface area contributed by atoms with Crippen LogP contribution in [0, 0.1) is 11.8 Å². The van der Waals surface area contributed by atoms with Crippen molar-refractivity contribution < 1.29 is 33.5 Å². The van der Waals surface area contributed by atoms with Gasteiger partial charge in [-0.2, -0.15) is 4.89 Å². The zero-order valence-electron chi connectivity index (χ0n) is 18.5. The van der Waals surface area contributed by atoms with Crippen molar-refractivity contribution in [2.24, 2.45) is 11.8 Å². The number of fused-ring (bicyclic) bond motifs is 2. The summed E-state index contributed by atoms with van der Waals surface area (Å²) < 4.78 is 29.0. The summed E-state index contributed by atoms with van der Waals surface area (Å²) in [6.45, 7) is 5.95. The third-order valence-electron chi connectivity index (χ3n) is 6.21. The number of ether oxygens (including phenoxy) is 5. The van der Waals surface area contributed by atoms with E-state index in [1.165, 1.54) is 5.57 Å². The van der Waals surface area contributed by atoms with Gasteiger partial charge in [0.25, 0.3) is 0 Å². The second-order valence-corrected chi connectivity index (χ2v) is 8.51. The highest BCUT2D eigenvalue weighted by Gasteiger charge is 2.48. The van der Waals surface area contributed by atoms with Gasteiger partial charge in [0.05, 0.1) is 32.5 Å². The molecule has 0 saturated carbocycles. The smallest absolute Gasteiger partial charge is 0.231 e.